The Kier molecular flexibility index (Phi) is 4.49. The van der Waals surface area contributed by atoms with E-state index in [1.54, 1.807) is 6.92 Å². The molecule has 0 fully saturated rings. The second kappa shape index (κ2) is 5.43. The number of alkyl halides is 1. The highest BCUT2D eigenvalue weighted by molar-refractivity contribution is 7.89. The molecule has 86 valence electrons. The monoisotopic (exact) mass is 253 g/mol. The number of aromatic nitrogens is 2. The summed E-state index contributed by atoms with van der Waals surface area (Å²) in [4.78, 5) is 3.86. The van der Waals surface area contributed by atoms with Crippen molar-refractivity contribution in [3.05, 3.63) is 11.7 Å². The topological polar surface area (TPSA) is 85.1 Å². The van der Waals surface area contributed by atoms with Crippen LogP contribution < -0.4 is 4.72 Å². The number of sulfonamides is 1. The van der Waals surface area contributed by atoms with Gasteiger partial charge in [-0.15, -0.1) is 11.6 Å². The van der Waals surface area contributed by atoms with Crippen molar-refractivity contribution < 1.29 is 12.9 Å². The van der Waals surface area contributed by atoms with Gasteiger partial charge in [-0.2, -0.15) is 4.98 Å². The molecule has 0 atom stereocenters. The van der Waals surface area contributed by atoms with Crippen molar-refractivity contribution in [2.45, 2.75) is 19.9 Å². The van der Waals surface area contributed by atoms with Gasteiger partial charge in [0.25, 0.3) is 0 Å². The number of nitrogens with zero attached hydrogens (tertiary/aromatic N) is 2. The van der Waals surface area contributed by atoms with E-state index in [-0.39, 0.29) is 12.3 Å². The van der Waals surface area contributed by atoms with E-state index in [1.165, 1.54) is 0 Å². The second-order valence-corrected chi connectivity index (χ2v) is 5.22. The Hall–Kier alpha value is -0.660. The van der Waals surface area contributed by atoms with Crippen LogP contribution >= 0.6 is 11.6 Å². The quantitative estimate of drug-likeness (QED) is 0.743. The Morgan fingerprint density at radius 3 is 2.80 bits per heavy atom. The Morgan fingerprint density at radius 1 is 1.53 bits per heavy atom. The first-order chi connectivity index (χ1) is 7.03. The van der Waals surface area contributed by atoms with E-state index in [0.717, 1.165) is 0 Å². The predicted molar refractivity (Wildman–Crippen MR) is 55.0 cm³/mol. The maximum Gasteiger partial charge on any atom is 0.223 e. The molecule has 8 heteroatoms. The van der Waals surface area contributed by atoms with Crippen molar-refractivity contribution in [2.24, 2.45) is 0 Å². The summed E-state index contributed by atoms with van der Waals surface area (Å²) in [5.41, 5.74) is 0. The lowest BCUT2D eigenvalue weighted by Crippen LogP contribution is -2.26. The lowest BCUT2D eigenvalue weighted by atomic mass is 10.6. The number of nitrogens with one attached hydrogen (secondary N) is 1. The van der Waals surface area contributed by atoms with Crippen LogP contribution in [0.25, 0.3) is 0 Å². The number of hydrogen-bond donors (Lipinski definition) is 1. The molecular weight excluding hydrogens is 242 g/mol. The summed E-state index contributed by atoms with van der Waals surface area (Å²) in [6, 6.07) is 0. The standard InChI is InChI=1S/C7H12ClN3O3S/c1-6-10-7(11-14-6)5-9-15(12,13)4-2-3-8/h9H,2-5H2,1H3. The van der Waals surface area contributed by atoms with E-state index < -0.39 is 10.0 Å². The molecule has 0 saturated heterocycles. The molecule has 1 rings (SSSR count). The van der Waals surface area contributed by atoms with Crippen LogP contribution in [0.3, 0.4) is 0 Å². The third kappa shape index (κ3) is 4.59. The first-order valence-electron chi connectivity index (χ1n) is 4.36. The van der Waals surface area contributed by atoms with Crippen molar-refractivity contribution in [2.75, 3.05) is 11.6 Å². The molecule has 1 aromatic heterocycles. The fourth-order valence-corrected chi connectivity index (χ4v) is 2.21. The smallest absolute Gasteiger partial charge is 0.223 e. The predicted octanol–water partition coefficient (Wildman–Crippen LogP) is 0.426. The van der Waals surface area contributed by atoms with Gasteiger partial charge in [0.05, 0.1) is 12.3 Å². The number of halogens is 1. The van der Waals surface area contributed by atoms with E-state index in [4.69, 9.17) is 16.1 Å². The second-order valence-electron chi connectivity index (χ2n) is 2.91. The third-order valence-corrected chi connectivity index (χ3v) is 3.24. The molecule has 6 nitrogen and oxygen atoms in total. The third-order valence-electron chi connectivity index (χ3n) is 1.57. The van der Waals surface area contributed by atoms with Crippen molar-refractivity contribution in [3.8, 4) is 0 Å². The molecule has 0 aliphatic rings. The van der Waals surface area contributed by atoms with Crippen molar-refractivity contribution in [1.82, 2.24) is 14.9 Å². The van der Waals surface area contributed by atoms with E-state index in [9.17, 15) is 8.42 Å². The summed E-state index contributed by atoms with van der Waals surface area (Å²) in [5, 5.41) is 3.56. The van der Waals surface area contributed by atoms with Gasteiger partial charge in [-0.3, -0.25) is 0 Å². The molecule has 0 aromatic carbocycles. The lowest BCUT2D eigenvalue weighted by Gasteiger charge is -2.02. The maximum atomic E-state index is 11.3. The largest absolute Gasteiger partial charge is 0.340 e. The lowest BCUT2D eigenvalue weighted by molar-refractivity contribution is 0.387. The molecule has 0 aliphatic carbocycles. The van der Waals surface area contributed by atoms with E-state index in [1.807, 2.05) is 0 Å². The Bertz CT molecular complexity index is 403. The summed E-state index contributed by atoms with van der Waals surface area (Å²) >= 11 is 5.40. The molecule has 1 aromatic rings. The number of aryl methyl sites for hydroxylation is 1. The van der Waals surface area contributed by atoms with E-state index in [2.05, 4.69) is 14.9 Å². The van der Waals surface area contributed by atoms with Crippen LogP contribution in [-0.2, 0) is 16.6 Å². The Morgan fingerprint density at radius 2 is 2.27 bits per heavy atom. The average Bonchev–Trinajstić information content (AvgIpc) is 2.59. The van der Waals surface area contributed by atoms with Gasteiger partial charge in [-0.1, -0.05) is 5.16 Å². The van der Waals surface area contributed by atoms with Crippen LogP contribution in [-0.4, -0.2) is 30.2 Å². The zero-order chi connectivity index (χ0) is 11.3. The van der Waals surface area contributed by atoms with Crippen LogP contribution in [0.1, 0.15) is 18.1 Å². The average molecular weight is 254 g/mol. The molecular formula is C7H12ClN3O3S. The SMILES string of the molecule is Cc1nc(CNS(=O)(=O)CCCCl)no1. The van der Waals surface area contributed by atoms with Gasteiger partial charge in [0.15, 0.2) is 5.82 Å². The normalized spacial score (nSPS) is 11.9. The number of hydrogen-bond acceptors (Lipinski definition) is 5. The molecule has 1 heterocycles. The van der Waals surface area contributed by atoms with E-state index in [0.29, 0.717) is 24.0 Å². The Balaban J connectivity index is 2.42. The van der Waals surface area contributed by atoms with Crippen molar-refractivity contribution in [1.29, 1.82) is 0 Å². The molecule has 15 heavy (non-hydrogen) atoms. The molecule has 0 aliphatic heterocycles. The van der Waals surface area contributed by atoms with Crippen LogP contribution in [0.15, 0.2) is 4.52 Å². The fraction of sp³-hybridized carbons (Fsp3) is 0.714. The van der Waals surface area contributed by atoms with Crippen molar-refractivity contribution in [3.63, 3.8) is 0 Å². The number of rotatable bonds is 6. The summed E-state index contributed by atoms with van der Waals surface area (Å²) in [6.07, 6.45) is 0.419. The summed E-state index contributed by atoms with van der Waals surface area (Å²) in [5.74, 6) is 1.06. The summed E-state index contributed by atoms with van der Waals surface area (Å²) < 4.78 is 29.7. The molecule has 1 N–H and O–H groups in total. The highest BCUT2D eigenvalue weighted by Crippen LogP contribution is 1.97. The molecule has 0 saturated carbocycles. The van der Waals surface area contributed by atoms with Gasteiger partial charge in [0.1, 0.15) is 0 Å². The summed E-state index contributed by atoms with van der Waals surface area (Å²) in [7, 11) is -3.29. The minimum absolute atomic E-state index is 0.00728. The molecule has 0 bridgehead atoms. The first-order valence-corrected chi connectivity index (χ1v) is 6.54. The van der Waals surface area contributed by atoms with Gasteiger partial charge < -0.3 is 4.52 Å². The highest BCUT2D eigenvalue weighted by Gasteiger charge is 2.11. The van der Waals surface area contributed by atoms with Crippen LogP contribution in [0.5, 0.6) is 0 Å². The van der Waals surface area contributed by atoms with Gasteiger partial charge in [0, 0.05) is 12.8 Å². The van der Waals surface area contributed by atoms with Gasteiger partial charge in [0.2, 0.25) is 15.9 Å². The van der Waals surface area contributed by atoms with Gasteiger partial charge in [-0.25, -0.2) is 13.1 Å². The molecule has 0 unspecified atom stereocenters. The van der Waals surface area contributed by atoms with Crippen LogP contribution in [0.2, 0.25) is 0 Å². The molecule has 0 spiro atoms. The van der Waals surface area contributed by atoms with Crippen LogP contribution in [0, 0.1) is 6.92 Å². The van der Waals surface area contributed by atoms with Gasteiger partial charge >= 0.3 is 0 Å². The first kappa shape index (κ1) is 12.4. The van der Waals surface area contributed by atoms with Crippen LogP contribution in [0.4, 0.5) is 0 Å². The zero-order valence-electron chi connectivity index (χ0n) is 8.23. The molecule has 0 amide bonds. The van der Waals surface area contributed by atoms with E-state index >= 15 is 0 Å². The zero-order valence-corrected chi connectivity index (χ0v) is 9.81. The maximum absolute atomic E-state index is 11.3. The Labute approximate surface area is 93.1 Å². The minimum Gasteiger partial charge on any atom is -0.340 e. The highest BCUT2D eigenvalue weighted by atomic mass is 35.5. The van der Waals surface area contributed by atoms with Crippen molar-refractivity contribution >= 4 is 21.6 Å². The summed E-state index contributed by atoms with van der Waals surface area (Å²) in [6.45, 7) is 1.68. The fourth-order valence-electron chi connectivity index (χ4n) is 0.904. The van der Waals surface area contributed by atoms with Gasteiger partial charge in [-0.05, 0) is 6.42 Å². The molecule has 0 radical (unpaired) electrons. The minimum atomic E-state index is -3.29.